The molecular formula is C10H17ClO. The predicted molar refractivity (Wildman–Crippen MR) is 50.5 cm³/mol. The van der Waals surface area contributed by atoms with E-state index in [-0.39, 0.29) is 0 Å². The maximum atomic E-state index is 5.98. The molecule has 1 spiro atoms. The van der Waals surface area contributed by atoms with E-state index in [2.05, 4.69) is 0 Å². The highest BCUT2D eigenvalue weighted by Crippen LogP contribution is 2.48. The van der Waals surface area contributed by atoms with Crippen molar-refractivity contribution in [2.24, 2.45) is 11.3 Å². The van der Waals surface area contributed by atoms with Gasteiger partial charge in [0.05, 0.1) is 6.61 Å². The van der Waals surface area contributed by atoms with E-state index in [1.54, 1.807) is 0 Å². The summed E-state index contributed by atoms with van der Waals surface area (Å²) in [4.78, 5) is 0. The minimum atomic E-state index is 0.486. The van der Waals surface area contributed by atoms with E-state index < -0.39 is 0 Å². The molecule has 1 saturated heterocycles. The van der Waals surface area contributed by atoms with E-state index in [0.717, 1.165) is 25.0 Å². The van der Waals surface area contributed by atoms with Gasteiger partial charge >= 0.3 is 0 Å². The summed E-state index contributed by atoms with van der Waals surface area (Å²) in [5, 5.41) is 0. The first-order chi connectivity index (χ1) is 5.87. The van der Waals surface area contributed by atoms with E-state index in [4.69, 9.17) is 16.3 Å². The summed E-state index contributed by atoms with van der Waals surface area (Å²) in [5.74, 6) is 1.57. The van der Waals surface area contributed by atoms with Crippen LogP contribution in [0.3, 0.4) is 0 Å². The minimum Gasteiger partial charge on any atom is -0.381 e. The van der Waals surface area contributed by atoms with E-state index >= 15 is 0 Å². The Kier molecular flexibility index (Phi) is 2.61. The molecule has 2 rings (SSSR count). The SMILES string of the molecule is ClCC1CCCC12CCCOC2. The predicted octanol–water partition coefficient (Wildman–Crippen LogP) is 2.82. The highest BCUT2D eigenvalue weighted by Gasteiger charge is 2.43. The molecule has 2 atom stereocenters. The molecule has 2 unspecified atom stereocenters. The normalized spacial score (nSPS) is 42.2. The molecule has 12 heavy (non-hydrogen) atoms. The molecule has 1 aliphatic heterocycles. The molecule has 2 aliphatic rings. The zero-order chi connectivity index (χ0) is 8.44. The Hall–Kier alpha value is 0.250. The van der Waals surface area contributed by atoms with Crippen LogP contribution in [0.1, 0.15) is 32.1 Å². The van der Waals surface area contributed by atoms with Gasteiger partial charge in [-0.2, -0.15) is 0 Å². The summed E-state index contributed by atoms with van der Waals surface area (Å²) in [7, 11) is 0. The van der Waals surface area contributed by atoms with Crippen LogP contribution in [-0.4, -0.2) is 19.1 Å². The van der Waals surface area contributed by atoms with E-state index in [1.807, 2.05) is 0 Å². The Bertz CT molecular complexity index is 152. The van der Waals surface area contributed by atoms with Gasteiger partial charge in [0.25, 0.3) is 0 Å². The van der Waals surface area contributed by atoms with Crippen molar-refractivity contribution >= 4 is 11.6 Å². The third-order valence-corrected chi connectivity index (χ3v) is 4.00. The maximum Gasteiger partial charge on any atom is 0.0525 e. The average molecular weight is 189 g/mol. The van der Waals surface area contributed by atoms with Crippen LogP contribution in [0.15, 0.2) is 0 Å². The molecular weight excluding hydrogens is 172 g/mol. The van der Waals surface area contributed by atoms with Crippen molar-refractivity contribution in [1.82, 2.24) is 0 Å². The van der Waals surface area contributed by atoms with Crippen molar-refractivity contribution in [2.45, 2.75) is 32.1 Å². The van der Waals surface area contributed by atoms with Crippen LogP contribution >= 0.6 is 11.6 Å². The van der Waals surface area contributed by atoms with Crippen LogP contribution in [0.5, 0.6) is 0 Å². The first-order valence-electron chi connectivity index (χ1n) is 5.01. The van der Waals surface area contributed by atoms with Gasteiger partial charge in [-0.3, -0.25) is 0 Å². The van der Waals surface area contributed by atoms with E-state index in [1.165, 1.54) is 32.1 Å². The summed E-state index contributed by atoms with van der Waals surface area (Å²) < 4.78 is 5.58. The molecule has 1 nitrogen and oxygen atoms in total. The Morgan fingerprint density at radius 3 is 2.83 bits per heavy atom. The molecule has 0 radical (unpaired) electrons. The Morgan fingerprint density at radius 1 is 1.33 bits per heavy atom. The number of ether oxygens (including phenoxy) is 1. The van der Waals surface area contributed by atoms with Gasteiger partial charge in [-0.1, -0.05) is 6.42 Å². The second-order valence-corrected chi connectivity index (χ2v) is 4.57. The molecule has 0 N–H and O–H groups in total. The van der Waals surface area contributed by atoms with Crippen molar-refractivity contribution in [2.75, 3.05) is 19.1 Å². The number of rotatable bonds is 1. The smallest absolute Gasteiger partial charge is 0.0525 e. The lowest BCUT2D eigenvalue weighted by Crippen LogP contribution is -2.35. The Balaban J connectivity index is 2.05. The van der Waals surface area contributed by atoms with Crippen LogP contribution in [0, 0.1) is 11.3 Å². The van der Waals surface area contributed by atoms with Gasteiger partial charge in [0, 0.05) is 12.5 Å². The topological polar surface area (TPSA) is 9.23 Å². The molecule has 0 amide bonds. The first kappa shape index (κ1) is 8.83. The first-order valence-corrected chi connectivity index (χ1v) is 5.54. The van der Waals surface area contributed by atoms with Crippen LogP contribution in [-0.2, 0) is 4.74 Å². The maximum absolute atomic E-state index is 5.98. The lowest BCUT2D eigenvalue weighted by atomic mass is 9.75. The molecule has 0 aromatic carbocycles. The van der Waals surface area contributed by atoms with Gasteiger partial charge in [-0.15, -0.1) is 11.6 Å². The number of alkyl halides is 1. The lowest BCUT2D eigenvalue weighted by Gasteiger charge is -2.37. The Labute approximate surface area is 79.4 Å². The van der Waals surface area contributed by atoms with Crippen molar-refractivity contribution in [3.05, 3.63) is 0 Å². The third kappa shape index (κ3) is 1.38. The third-order valence-electron chi connectivity index (χ3n) is 3.63. The zero-order valence-electron chi connectivity index (χ0n) is 7.52. The summed E-state index contributed by atoms with van der Waals surface area (Å²) in [6.07, 6.45) is 6.63. The van der Waals surface area contributed by atoms with Crippen molar-refractivity contribution in [3.63, 3.8) is 0 Å². The fourth-order valence-electron chi connectivity index (χ4n) is 2.84. The summed E-state index contributed by atoms with van der Waals surface area (Å²) in [5.41, 5.74) is 0.486. The molecule has 2 heteroatoms. The number of hydrogen-bond acceptors (Lipinski definition) is 1. The van der Waals surface area contributed by atoms with Crippen LogP contribution in [0.2, 0.25) is 0 Å². The number of hydrogen-bond donors (Lipinski definition) is 0. The highest BCUT2D eigenvalue weighted by atomic mass is 35.5. The van der Waals surface area contributed by atoms with Crippen molar-refractivity contribution in [3.8, 4) is 0 Å². The van der Waals surface area contributed by atoms with E-state index in [0.29, 0.717) is 5.41 Å². The Morgan fingerprint density at radius 2 is 2.17 bits per heavy atom. The fraction of sp³-hybridized carbons (Fsp3) is 1.00. The molecule has 2 fully saturated rings. The monoisotopic (exact) mass is 188 g/mol. The molecule has 0 bridgehead atoms. The largest absolute Gasteiger partial charge is 0.381 e. The van der Waals surface area contributed by atoms with Crippen LogP contribution in [0.25, 0.3) is 0 Å². The highest BCUT2D eigenvalue weighted by molar-refractivity contribution is 6.18. The fourth-order valence-corrected chi connectivity index (χ4v) is 3.33. The quantitative estimate of drug-likeness (QED) is 0.575. The van der Waals surface area contributed by atoms with Gasteiger partial charge in [0.1, 0.15) is 0 Å². The summed E-state index contributed by atoms with van der Waals surface area (Å²) in [6.45, 7) is 1.95. The number of halogens is 1. The zero-order valence-corrected chi connectivity index (χ0v) is 8.28. The van der Waals surface area contributed by atoms with E-state index in [9.17, 15) is 0 Å². The van der Waals surface area contributed by atoms with Gasteiger partial charge in [-0.25, -0.2) is 0 Å². The average Bonchev–Trinajstić information content (AvgIpc) is 2.49. The van der Waals surface area contributed by atoms with Crippen LogP contribution < -0.4 is 0 Å². The molecule has 0 aromatic rings. The molecule has 1 saturated carbocycles. The molecule has 1 heterocycles. The van der Waals surface area contributed by atoms with Crippen molar-refractivity contribution in [1.29, 1.82) is 0 Å². The van der Waals surface area contributed by atoms with Crippen LogP contribution in [0.4, 0.5) is 0 Å². The molecule has 70 valence electrons. The summed E-state index contributed by atoms with van der Waals surface area (Å²) in [6, 6.07) is 0. The molecule has 0 aromatic heterocycles. The lowest BCUT2D eigenvalue weighted by molar-refractivity contribution is -0.0247. The standard InChI is InChI=1S/C10H17ClO/c11-7-9-3-1-4-10(9)5-2-6-12-8-10/h9H,1-8H2. The summed E-state index contributed by atoms with van der Waals surface area (Å²) >= 11 is 5.98. The molecule has 1 aliphatic carbocycles. The second-order valence-electron chi connectivity index (χ2n) is 4.26. The van der Waals surface area contributed by atoms with Crippen molar-refractivity contribution < 1.29 is 4.74 Å². The van der Waals surface area contributed by atoms with Gasteiger partial charge in [0.2, 0.25) is 0 Å². The van der Waals surface area contributed by atoms with Gasteiger partial charge in [0.15, 0.2) is 0 Å². The van der Waals surface area contributed by atoms with Gasteiger partial charge in [-0.05, 0) is 37.0 Å². The second kappa shape index (κ2) is 3.55. The van der Waals surface area contributed by atoms with Gasteiger partial charge < -0.3 is 4.74 Å². The minimum absolute atomic E-state index is 0.486.